The van der Waals surface area contributed by atoms with Crippen molar-refractivity contribution in [3.8, 4) is 0 Å². The van der Waals surface area contributed by atoms with Gasteiger partial charge in [-0.05, 0) is 87.1 Å². The lowest BCUT2D eigenvalue weighted by Crippen LogP contribution is -2.05. The number of aryl methyl sites for hydroxylation is 2. The van der Waals surface area contributed by atoms with Crippen molar-refractivity contribution >= 4 is 11.4 Å². The van der Waals surface area contributed by atoms with Crippen molar-refractivity contribution in [1.82, 2.24) is 0 Å². The summed E-state index contributed by atoms with van der Waals surface area (Å²) in [5.74, 6) is 0. The van der Waals surface area contributed by atoms with Gasteiger partial charge in [-0.3, -0.25) is 0 Å². The van der Waals surface area contributed by atoms with E-state index in [1.54, 1.807) is 0 Å². The van der Waals surface area contributed by atoms with Crippen LogP contribution in [0.4, 0.5) is 0 Å². The minimum atomic E-state index is 0.936. The fraction of sp³-hybridized carbons (Fsp3) is 0.679. The molecule has 0 bridgehead atoms. The zero-order valence-electron chi connectivity index (χ0n) is 38.5. The molecule has 1 aliphatic rings. The van der Waals surface area contributed by atoms with Gasteiger partial charge in [0.25, 0.3) is 0 Å². The van der Waals surface area contributed by atoms with Crippen LogP contribution in [0.25, 0.3) is 16.9 Å². The van der Waals surface area contributed by atoms with Gasteiger partial charge < -0.3 is 5.53 Å². The maximum absolute atomic E-state index is 11.8. The molecule has 3 rings (SSSR count). The molecule has 2 heteroatoms. The average molecular weight is 791 g/mol. The molecule has 1 heterocycles. The van der Waals surface area contributed by atoms with Gasteiger partial charge in [-0.2, -0.15) is 0 Å². The third kappa shape index (κ3) is 21.5. The molecular formula is C56H90N2. The summed E-state index contributed by atoms with van der Waals surface area (Å²) >= 11 is 0. The quantitative estimate of drug-likeness (QED) is 0.0368. The van der Waals surface area contributed by atoms with Crippen molar-refractivity contribution in [1.29, 1.82) is 0 Å². The Bertz CT molecular complexity index is 1430. The summed E-state index contributed by atoms with van der Waals surface area (Å²) in [6.45, 7) is 6.83. The van der Waals surface area contributed by atoms with Gasteiger partial charge in [-0.1, -0.05) is 230 Å². The van der Waals surface area contributed by atoms with E-state index in [2.05, 4.69) is 87.5 Å². The molecule has 0 aliphatic carbocycles. The molecule has 0 spiro atoms. The summed E-state index contributed by atoms with van der Waals surface area (Å²) in [6.07, 6.45) is 54.2. The highest BCUT2D eigenvalue weighted by Crippen LogP contribution is 2.39. The highest BCUT2D eigenvalue weighted by atomic mass is 15.2. The monoisotopic (exact) mass is 791 g/mol. The molecule has 2 nitrogen and oxygen atoms in total. The van der Waals surface area contributed by atoms with Crippen LogP contribution in [-0.4, -0.2) is 4.70 Å². The second-order valence-electron chi connectivity index (χ2n) is 17.9. The summed E-state index contributed by atoms with van der Waals surface area (Å²) in [5.41, 5.74) is 20.0. The van der Waals surface area contributed by atoms with Gasteiger partial charge in [-0.15, -0.1) is 0 Å². The van der Waals surface area contributed by atoms with Crippen molar-refractivity contribution in [2.75, 3.05) is 0 Å². The number of benzene rings is 2. The highest BCUT2D eigenvalue weighted by molar-refractivity contribution is 5.79. The highest BCUT2D eigenvalue weighted by Gasteiger charge is 2.30. The van der Waals surface area contributed by atoms with E-state index in [-0.39, 0.29) is 0 Å². The van der Waals surface area contributed by atoms with Gasteiger partial charge in [0.15, 0.2) is 0 Å². The van der Waals surface area contributed by atoms with Crippen LogP contribution in [0.1, 0.15) is 255 Å². The van der Waals surface area contributed by atoms with Gasteiger partial charge in [0, 0.05) is 22.8 Å². The second kappa shape index (κ2) is 34.0. The minimum Gasteiger partial charge on any atom is -0.493 e. The number of hydrogen-bond acceptors (Lipinski definition) is 0. The number of hydrogen-bond donors (Lipinski definition) is 0. The molecule has 2 aromatic carbocycles. The lowest BCUT2D eigenvalue weighted by atomic mass is 9.98. The van der Waals surface area contributed by atoms with Crippen molar-refractivity contribution in [2.45, 2.75) is 245 Å². The predicted molar refractivity (Wildman–Crippen MR) is 257 cm³/mol. The summed E-state index contributed by atoms with van der Waals surface area (Å²) in [5, 5.41) is 0. The smallest absolute Gasteiger partial charge is 0.210 e. The molecule has 0 radical (unpaired) electrons. The molecule has 2 aromatic rings. The summed E-state index contributed by atoms with van der Waals surface area (Å²) in [7, 11) is 0. The van der Waals surface area contributed by atoms with E-state index in [1.165, 1.54) is 213 Å². The Labute approximate surface area is 360 Å². The topological polar surface area (TPSA) is 25.3 Å². The molecule has 58 heavy (non-hydrogen) atoms. The maximum atomic E-state index is 11.8. The largest absolute Gasteiger partial charge is 0.493 e. The first kappa shape index (κ1) is 49.6. The first-order valence-corrected chi connectivity index (χ1v) is 25.5. The van der Waals surface area contributed by atoms with Gasteiger partial charge in [-0.25, -0.2) is 4.70 Å². The second-order valence-corrected chi connectivity index (χ2v) is 17.9. The van der Waals surface area contributed by atoms with Crippen LogP contribution in [0, 0.1) is 0 Å². The molecule has 0 N–H and O–H groups in total. The normalized spacial score (nSPS) is 13.1. The number of nitrogens with zero attached hydrogens (tertiary/aromatic N) is 2. The van der Waals surface area contributed by atoms with Gasteiger partial charge >= 0.3 is 0 Å². The van der Waals surface area contributed by atoms with Crippen molar-refractivity contribution in [2.24, 2.45) is 0 Å². The molecule has 0 amide bonds. The Hall–Kier alpha value is -2.74. The van der Waals surface area contributed by atoms with E-state index in [9.17, 15) is 5.53 Å². The fourth-order valence-corrected chi connectivity index (χ4v) is 8.92. The zero-order valence-corrected chi connectivity index (χ0v) is 38.5. The first-order chi connectivity index (χ1) is 28.7. The first-order valence-electron chi connectivity index (χ1n) is 25.5. The van der Waals surface area contributed by atoms with Crippen molar-refractivity contribution < 1.29 is 4.70 Å². The molecule has 0 saturated heterocycles. The number of allylic oxidation sites excluding steroid dienone is 4. The number of unbranched alkanes of at least 4 members (excludes halogenated alkanes) is 28. The molecular weight excluding hydrogens is 701 g/mol. The third-order valence-electron chi connectivity index (χ3n) is 12.6. The third-order valence-corrected chi connectivity index (χ3v) is 12.6. The minimum absolute atomic E-state index is 0.936. The molecule has 1 aliphatic heterocycles. The van der Waals surface area contributed by atoms with E-state index in [0.717, 1.165) is 55.5 Å². The molecule has 0 aromatic heterocycles. The molecule has 0 unspecified atom stereocenters. The zero-order chi connectivity index (χ0) is 41.1. The van der Waals surface area contributed by atoms with E-state index in [0.29, 0.717) is 0 Å². The van der Waals surface area contributed by atoms with E-state index in [1.807, 2.05) is 0 Å². The Balaban J connectivity index is 1.23. The Morgan fingerprint density at radius 1 is 0.448 bits per heavy atom. The van der Waals surface area contributed by atoms with Crippen LogP contribution >= 0.6 is 0 Å². The van der Waals surface area contributed by atoms with Gasteiger partial charge in [0.1, 0.15) is 0 Å². The standard InChI is InChI=1S/C56H90N2/c1-4-7-10-12-13-14-15-16-17-18-19-20-21-22-23-24-25-26-27-28-29-30-31-32-33-34-35-37-43-51-44-38-39-47-54(51)55-49-53(45-36-11-8-5-2)56(58(55)57)52-46-40-42-50(48-52)41-9-6-3/h33-34,38-40,42,44,46-49H,4-32,35-37,41,43,45H2,1-3H3. The lowest BCUT2D eigenvalue weighted by Gasteiger charge is -2.13. The van der Waals surface area contributed by atoms with E-state index < -0.39 is 0 Å². The van der Waals surface area contributed by atoms with Crippen LogP contribution in [-0.2, 0) is 12.8 Å². The van der Waals surface area contributed by atoms with Crippen LogP contribution in [0.5, 0.6) is 0 Å². The van der Waals surface area contributed by atoms with Gasteiger partial charge in [0.05, 0.1) is 0 Å². The van der Waals surface area contributed by atoms with Gasteiger partial charge in [0.2, 0.25) is 11.4 Å². The lowest BCUT2D eigenvalue weighted by molar-refractivity contribution is -0.344. The summed E-state index contributed by atoms with van der Waals surface area (Å²) < 4.78 is 1.51. The van der Waals surface area contributed by atoms with E-state index >= 15 is 0 Å². The molecule has 324 valence electrons. The van der Waals surface area contributed by atoms with E-state index in [4.69, 9.17) is 0 Å². The molecule has 0 fully saturated rings. The summed E-state index contributed by atoms with van der Waals surface area (Å²) in [4.78, 5) is 0. The Morgan fingerprint density at radius 2 is 0.931 bits per heavy atom. The number of rotatable bonds is 38. The molecule has 0 atom stereocenters. The average Bonchev–Trinajstić information content (AvgIpc) is 3.57. The Kier molecular flexibility index (Phi) is 29.1. The van der Waals surface area contributed by atoms with Crippen LogP contribution in [0.2, 0.25) is 0 Å². The maximum Gasteiger partial charge on any atom is 0.210 e. The Morgan fingerprint density at radius 3 is 1.48 bits per heavy atom. The fourth-order valence-electron chi connectivity index (χ4n) is 8.92. The van der Waals surface area contributed by atoms with Crippen LogP contribution < -0.4 is 0 Å². The van der Waals surface area contributed by atoms with Crippen molar-refractivity contribution in [3.05, 3.63) is 100 Å². The SMILES string of the molecule is CCCCCCCCCCCCCCCCCCCCCCCCCC=CCCCc1ccccc1C1=CC(CCCCCC)=C(c2cccc(CCCC)c2)[N+]1=[N-]. The van der Waals surface area contributed by atoms with Crippen LogP contribution in [0.15, 0.2) is 72.3 Å². The predicted octanol–water partition coefficient (Wildman–Crippen LogP) is 19.1. The van der Waals surface area contributed by atoms with Crippen molar-refractivity contribution in [3.63, 3.8) is 0 Å². The summed E-state index contributed by atoms with van der Waals surface area (Å²) in [6, 6.07) is 17.6. The van der Waals surface area contributed by atoms with Crippen LogP contribution in [0.3, 0.4) is 0 Å². The molecule has 0 saturated carbocycles.